The average Bonchev–Trinajstić information content (AvgIpc) is 2.16. The lowest BCUT2D eigenvalue weighted by molar-refractivity contribution is 0.510. The van der Waals surface area contributed by atoms with Crippen molar-refractivity contribution in [1.29, 1.82) is 0 Å². The smallest absolute Gasteiger partial charge is 0.209 e. The molecule has 4 heteroatoms. The maximum absolute atomic E-state index is 11.2. The summed E-state index contributed by atoms with van der Waals surface area (Å²) >= 11 is 0. The predicted octanol–water partition coefficient (Wildman–Crippen LogP) is 1.61. The zero-order chi connectivity index (χ0) is 10.9. The fourth-order valence-corrected chi connectivity index (χ4v) is 2.90. The minimum Gasteiger partial charge on any atom is -0.213 e. The van der Waals surface area contributed by atoms with Gasteiger partial charge in [0.15, 0.2) is 0 Å². The number of rotatable bonds is 2. The highest BCUT2D eigenvalue weighted by Gasteiger charge is 2.21. The summed E-state index contributed by atoms with van der Waals surface area (Å²) in [7, 11) is -3.12. The summed E-state index contributed by atoms with van der Waals surface area (Å²) in [6.07, 6.45) is 4.20. The van der Waals surface area contributed by atoms with Crippen molar-refractivity contribution in [3.63, 3.8) is 0 Å². The number of sulfonamides is 1. The van der Waals surface area contributed by atoms with E-state index in [1.54, 1.807) is 0 Å². The van der Waals surface area contributed by atoms with Crippen LogP contribution in [0.5, 0.6) is 0 Å². The fourth-order valence-electron chi connectivity index (χ4n) is 2.13. The first-order chi connectivity index (χ1) is 7.06. The van der Waals surface area contributed by atoms with Crippen molar-refractivity contribution in [3.8, 4) is 0 Å². The number of hydrogen-bond acceptors (Lipinski definition) is 2. The molecule has 2 rings (SSSR count). The molecule has 15 heavy (non-hydrogen) atoms. The zero-order valence-electron chi connectivity index (χ0n) is 8.73. The van der Waals surface area contributed by atoms with Crippen LogP contribution in [0.1, 0.15) is 30.0 Å². The molecule has 0 bridgehead atoms. The highest BCUT2D eigenvalue weighted by atomic mass is 32.2. The van der Waals surface area contributed by atoms with E-state index in [2.05, 4.69) is 10.8 Å². The van der Waals surface area contributed by atoms with Crippen LogP contribution in [0, 0.1) is 0 Å². The lowest BCUT2D eigenvalue weighted by Gasteiger charge is -2.25. The van der Waals surface area contributed by atoms with Gasteiger partial charge in [0.1, 0.15) is 0 Å². The lowest BCUT2D eigenvalue weighted by Crippen LogP contribution is -2.29. The number of benzene rings is 1. The molecule has 0 amide bonds. The zero-order valence-corrected chi connectivity index (χ0v) is 9.55. The van der Waals surface area contributed by atoms with Gasteiger partial charge in [-0.25, -0.2) is 13.1 Å². The normalized spacial score (nSPS) is 21.0. The van der Waals surface area contributed by atoms with E-state index in [-0.39, 0.29) is 6.04 Å². The Hall–Kier alpha value is -0.870. The summed E-state index contributed by atoms with van der Waals surface area (Å²) in [5.41, 5.74) is 2.40. The van der Waals surface area contributed by atoms with E-state index in [0.717, 1.165) is 24.8 Å². The predicted molar refractivity (Wildman–Crippen MR) is 60.1 cm³/mol. The molecule has 3 nitrogen and oxygen atoms in total. The summed E-state index contributed by atoms with van der Waals surface area (Å²) in [4.78, 5) is 0. The van der Waals surface area contributed by atoms with E-state index in [1.165, 1.54) is 11.8 Å². The molecular formula is C11H15NO2S. The molecule has 0 aliphatic heterocycles. The van der Waals surface area contributed by atoms with Crippen LogP contribution >= 0.6 is 0 Å². The molecule has 1 aliphatic rings. The summed E-state index contributed by atoms with van der Waals surface area (Å²) in [5.74, 6) is 0. The Morgan fingerprint density at radius 1 is 1.33 bits per heavy atom. The third-order valence-corrected chi connectivity index (χ3v) is 3.44. The van der Waals surface area contributed by atoms with E-state index >= 15 is 0 Å². The standard InChI is InChI=1S/C11H15NO2S/c1-15(13,14)12-11-8-4-6-9-5-2-3-7-10(9)11/h2-3,5,7,11-12H,4,6,8H2,1H3/t11-/m0/s1. The van der Waals surface area contributed by atoms with Crippen LogP contribution in [0.25, 0.3) is 0 Å². The van der Waals surface area contributed by atoms with Crippen LogP contribution < -0.4 is 4.72 Å². The first-order valence-corrected chi connectivity index (χ1v) is 7.00. The molecule has 0 unspecified atom stereocenters. The molecule has 82 valence electrons. The van der Waals surface area contributed by atoms with Crippen LogP contribution in [0.2, 0.25) is 0 Å². The summed E-state index contributed by atoms with van der Waals surface area (Å²) in [6, 6.07) is 8.01. The summed E-state index contributed by atoms with van der Waals surface area (Å²) < 4.78 is 25.1. The van der Waals surface area contributed by atoms with Crippen molar-refractivity contribution in [2.75, 3.05) is 6.26 Å². The Morgan fingerprint density at radius 3 is 2.80 bits per heavy atom. The molecule has 0 radical (unpaired) electrons. The molecule has 1 aromatic carbocycles. The van der Waals surface area contributed by atoms with Gasteiger partial charge in [-0.1, -0.05) is 24.3 Å². The summed E-state index contributed by atoms with van der Waals surface area (Å²) in [6.45, 7) is 0. The van der Waals surface area contributed by atoms with Gasteiger partial charge in [0.05, 0.1) is 6.26 Å². The van der Waals surface area contributed by atoms with E-state index < -0.39 is 10.0 Å². The molecule has 1 aliphatic carbocycles. The molecule has 1 aromatic rings. The van der Waals surface area contributed by atoms with Gasteiger partial charge in [0.2, 0.25) is 10.0 Å². The second-order valence-corrected chi connectivity index (χ2v) is 5.81. The largest absolute Gasteiger partial charge is 0.213 e. The second kappa shape index (κ2) is 3.94. The van der Waals surface area contributed by atoms with Gasteiger partial charge in [0, 0.05) is 6.04 Å². The topological polar surface area (TPSA) is 46.2 Å². The Labute approximate surface area is 90.6 Å². The minimum absolute atomic E-state index is 0.0371. The van der Waals surface area contributed by atoms with Crippen LogP contribution in [-0.2, 0) is 16.4 Å². The van der Waals surface area contributed by atoms with Gasteiger partial charge < -0.3 is 0 Å². The average molecular weight is 225 g/mol. The van der Waals surface area contributed by atoms with Gasteiger partial charge in [0.25, 0.3) is 0 Å². The van der Waals surface area contributed by atoms with Gasteiger partial charge in [-0.3, -0.25) is 0 Å². The molecule has 0 saturated heterocycles. The summed E-state index contributed by atoms with van der Waals surface area (Å²) in [5, 5.41) is 0. The molecule has 0 saturated carbocycles. The number of aryl methyl sites for hydroxylation is 1. The quantitative estimate of drug-likeness (QED) is 0.831. The number of hydrogen-bond donors (Lipinski definition) is 1. The SMILES string of the molecule is CS(=O)(=O)N[C@H]1CCCc2ccccc21. The number of fused-ring (bicyclic) bond motifs is 1. The maximum Gasteiger partial charge on any atom is 0.209 e. The van der Waals surface area contributed by atoms with Crippen molar-refractivity contribution in [3.05, 3.63) is 35.4 Å². The molecule has 1 atom stereocenters. The Kier molecular flexibility index (Phi) is 2.80. The Balaban J connectivity index is 2.30. The van der Waals surface area contributed by atoms with Gasteiger partial charge in [-0.2, -0.15) is 0 Å². The van der Waals surface area contributed by atoms with Crippen LogP contribution in [0.3, 0.4) is 0 Å². The van der Waals surface area contributed by atoms with E-state index in [9.17, 15) is 8.42 Å². The maximum atomic E-state index is 11.2. The fraction of sp³-hybridized carbons (Fsp3) is 0.455. The third kappa shape index (κ3) is 2.58. The highest BCUT2D eigenvalue weighted by Crippen LogP contribution is 2.29. The molecular weight excluding hydrogens is 210 g/mol. The van der Waals surface area contributed by atoms with Gasteiger partial charge >= 0.3 is 0 Å². The molecule has 0 spiro atoms. The first kappa shape index (κ1) is 10.6. The van der Waals surface area contributed by atoms with E-state index in [1.807, 2.05) is 18.2 Å². The van der Waals surface area contributed by atoms with Crippen LogP contribution in [0.15, 0.2) is 24.3 Å². The monoisotopic (exact) mass is 225 g/mol. The van der Waals surface area contributed by atoms with Crippen molar-refractivity contribution in [2.24, 2.45) is 0 Å². The third-order valence-electron chi connectivity index (χ3n) is 2.73. The second-order valence-electron chi connectivity index (χ2n) is 4.03. The van der Waals surface area contributed by atoms with Gasteiger partial charge in [-0.15, -0.1) is 0 Å². The van der Waals surface area contributed by atoms with Crippen molar-refractivity contribution in [1.82, 2.24) is 4.72 Å². The molecule has 0 heterocycles. The lowest BCUT2D eigenvalue weighted by atomic mass is 9.88. The van der Waals surface area contributed by atoms with Crippen LogP contribution in [0.4, 0.5) is 0 Å². The molecule has 0 aromatic heterocycles. The minimum atomic E-state index is -3.12. The highest BCUT2D eigenvalue weighted by molar-refractivity contribution is 7.88. The van der Waals surface area contributed by atoms with Gasteiger partial charge in [-0.05, 0) is 30.4 Å². The van der Waals surface area contributed by atoms with Crippen molar-refractivity contribution in [2.45, 2.75) is 25.3 Å². The Morgan fingerprint density at radius 2 is 2.07 bits per heavy atom. The van der Waals surface area contributed by atoms with E-state index in [0.29, 0.717) is 0 Å². The molecule has 1 N–H and O–H groups in total. The first-order valence-electron chi connectivity index (χ1n) is 5.11. The molecule has 0 fully saturated rings. The van der Waals surface area contributed by atoms with Crippen LogP contribution in [-0.4, -0.2) is 14.7 Å². The van der Waals surface area contributed by atoms with E-state index in [4.69, 9.17) is 0 Å². The Bertz CT molecular complexity index is 453. The number of nitrogens with one attached hydrogen (secondary N) is 1. The van der Waals surface area contributed by atoms with Crippen molar-refractivity contribution >= 4 is 10.0 Å². The van der Waals surface area contributed by atoms with Crippen molar-refractivity contribution < 1.29 is 8.42 Å².